The summed E-state index contributed by atoms with van der Waals surface area (Å²) in [6.07, 6.45) is 5.62. The van der Waals surface area contributed by atoms with E-state index in [9.17, 15) is 9.18 Å². The maximum Gasteiger partial charge on any atom is 0.313 e. The van der Waals surface area contributed by atoms with E-state index in [1.54, 1.807) is 13.0 Å². The predicted octanol–water partition coefficient (Wildman–Crippen LogP) is 5.23. The Balaban J connectivity index is 0.00000126. The van der Waals surface area contributed by atoms with Crippen molar-refractivity contribution in [2.45, 2.75) is 59.9 Å². The van der Waals surface area contributed by atoms with E-state index in [1.165, 1.54) is 26.0 Å². The van der Waals surface area contributed by atoms with E-state index in [2.05, 4.69) is 24.8 Å². The van der Waals surface area contributed by atoms with Gasteiger partial charge in [0.2, 0.25) is 0 Å². The highest BCUT2D eigenvalue weighted by atomic mass is 19.1. The second-order valence-corrected chi connectivity index (χ2v) is 8.05. The minimum atomic E-state index is -0.332. The standard InChI is InChI=1S/C21H28FNO2.C2H6/c1-14-11-15(7-8-18(14)22)17-12-16(23-9-5-6-10-23)13-21(2,3)19(17)20(24)25-4;1-2/h7-8,11-12,16,19H,5-6,9-10,13H2,1-4H3;1-2H3. The molecule has 27 heavy (non-hydrogen) atoms. The second kappa shape index (κ2) is 9.01. The molecule has 2 unspecified atom stereocenters. The van der Waals surface area contributed by atoms with Crippen LogP contribution in [0.3, 0.4) is 0 Å². The van der Waals surface area contributed by atoms with Crippen LogP contribution in [0.1, 0.15) is 58.1 Å². The van der Waals surface area contributed by atoms with Crippen molar-refractivity contribution in [3.8, 4) is 0 Å². The van der Waals surface area contributed by atoms with Crippen LogP contribution in [-0.4, -0.2) is 37.1 Å². The van der Waals surface area contributed by atoms with Gasteiger partial charge in [0.05, 0.1) is 13.0 Å². The second-order valence-electron chi connectivity index (χ2n) is 8.05. The molecule has 0 radical (unpaired) electrons. The van der Waals surface area contributed by atoms with E-state index in [1.807, 2.05) is 19.9 Å². The summed E-state index contributed by atoms with van der Waals surface area (Å²) in [7, 11) is 1.44. The molecule has 150 valence electrons. The molecule has 0 amide bonds. The molecule has 3 rings (SSSR count). The largest absolute Gasteiger partial charge is 0.469 e. The van der Waals surface area contributed by atoms with Crippen LogP contribution in [0.15, 0.2) is 24.3 Å². The molecule has 1 heterocycles. The number of hydrogen-bond donors (Lipinski definition) is 0. The number of esters is 1. The molecule has 1 aliphatic carbocycles. The number of likely N-dealkylation sites (tertiary alicyclic amines) is 1. The van der Waals surface area contributed by atoms with E-state index in [0.717, 1.165) is 30.6 Å². The number of ether oxygens (including phenoxy) is 1. The van der Waals surface area contributed by atoms with Gasteiger partial charge in [-0.3, -0.25) is 9.69 Å². The summed E-state index contributed by atoms with van der Waals surface area (Å²) in [6.45, 7) is 12.3. The zero-order chi connectivity index (χ0) is 20.2. The monoisotopic (exact) mass is 375 g/mol. The summed E-state index contributed by atoms with van der Waals surface area (Å²) < 4.78 is 18.9. The quantitative estimate of drug-likeness (QED) is 0.678. The van der Waals surface area contributed by atoms with E-state index >= 15 is 0 Å². The highest BCUT2D eigenvalue weighted by Gasteiger charge is 2.45. The zero-order valence-corrected chi connectivity index (χ0v) is 17.6. The molecule has 3 nitrogen and oxygen atoms in total. The van der Waals surface area contributed by atoms with Crippen molar-refractivity contribution in [1.82, 2.24) is 4.90 Å². The van der Waals surface area contributed by atoms with Gasteiger partial charge in [0.25, 0.3) is 0 Å². The van der Waals surface area contributed by atoms with Gasteiger partial charge in [-0.05, 0) is 73.5 Å². The molecule has 1 saturated heterocycles. The number of benzene rings is 1. The zero-order valence-electron chi connectivity index (χ0n) is 17.6. The highest BCUT2D eigenvalue weighted by molar-refractivity contribution is 5.90. The molecule has 0 saturated carbocycles. The first kappa shape index (κ1) is 21.6. The minimum absolute atomic E-state index is 0.210. The molecule has 0 N–H and O–H groups in total. The van der Waals surface area contributed by atoms with Crippen molar-refractivity contribution in [3.05, 3.63) is 41.2 Å². The number of carbonyl (C=O) groups is 1. The summed E-state index contributed by atoms with van der Waals surface area (Å²) in [5.41, 5.74) is 2.28. The van der Waals surface area contributed by atoms with Crippen LogP contribution >= 0.6 is 0 Å². The van der Waals surface area contributed by atoms with Gasteiger partial charge < -0.3 is 4.74 Å². The third-order valence-corrected chi connectivity index (χ3v) is 5.74. The van der Waals surface area contributed by atoms with Gasteiger partial charge in [-0.25, -0.2) is 4.39 Å². The topological polar surface area (TPSA) is 29.5 Å². The fourth-order valence-electron chi connectivity index (χ4n) is 4.40. The Labute approximate surface area is 163 Å². The number of aryl methyl sites for hydroxylation is 1. The lowest BCUT2D eigenvalue weighted by atomic mass is 9.65. The fraction of sp³-hybridized carbons (Fsp3) is 0.609. The molecular weight excluding hydrogens is 341 g/mol. The summed E-state index contributed by atoms with van der Waals surface area (Å²) in [6, 6.07) is 5.44. The number of methoxy groups -OCH3 is 1. The predicted molar refractivity (Wildman–Crippen MR) is 109 cm³/mol. The molecule has 4 heteroatoms. The van der Waals surface area contributed by atoms with Crippen molar-refractivity contribution in [2.24, 2.45) is 11.3 Å². The maximum absolute atomic E-state index is 13.7. The third kappa shape index (κ3) is 4.60. The van der Waals surface area contributed by atoms with Crippen molar-refractivity contribution in [1.29, 1.82) is 0 Å². The molecule has 1 aromatic rings. The fourth-order valence-corrected chi connectivity index (χ4v) is 4.40. The van der Waals surface area contributed by atoms with Crippen LogP contribution in [0.2, 0.25) is 0 Å². The lowest BCUT2D eigenvalue weighted by Crippen LogP contribution is -2.44. The van der Waals surface area contributed by atoms with Crippen LogP contribution in [0.25, 0.3) is 5.57 Å². The maximum atomic E-state index is 13.7. The first-order chi connectivity index (χ1) is 12.8. The van der Waals surface area contributed by atoms with Crippen LogP contribution < -0.4 is 0 Å². The molecule has 0 aromatic heterocycles. The SMILES string of the molecule is CC.COC(=O)C1C(c2ccc(F)c(C)c2)=CC(N2CCCC2)CC1(C)C. The van der Waals surface area contributed by atoms with Gasteiger partial charge in [0.1, 0.15) is 5.82 Å². The summed E-state index contributed by atoms with van der Waals surface area (Å²) in [5, 5.41) is 0. The van der Waals surface area contributed by atoms with Crippen molar-refractivity contribution < 1.29 is 13.9 Å². The molecule has 0 spiro atoms. The summed E-state index contributed by atoms with van der Waals surface area (Å²) in [5.74, 6) is -0.760. The van der Waals surface area contributed by atoms with Crippen LogP contribution in [0.4, 0.5) is 4.39 Å². The van der Waals surface area contributed by atoms with E-state index < -0.39 is 0 Å². The Morgan fingerprint density at radius 1 is 1.22 bits per heavy atom. The summed E-state index contributed by atoms with van der Waals surface area (Å²) >= 11 is 0. The summed E-state index contributed by atoms with van der Waals surface area (Å²) in [4.78, 5) is 15.1. The van der Waals surface area contributed by atoms with Crippen LogP contribution in [0, 0.1) is 24.1 Å². The third-order valence-electron chi connectivity index (χ3n) is 5.74. The van der Waals surface area contributed by atoms with Gasteiger partial charge in [-0.15, -0.1) is 0 Å². The molecule has 1 aliphatic heterocycles. The van der Waals surface area contributed by atoms with Gasteiger partial charge in [-0.1, -0.05) is 39.8 Å². The lowest BCUT2D eigenvalue weighted by molar-refractivity contribution is -0.147. The smallest absolute Gasteiger partial charge is 0.313 e. The first-order valence-corrected chi connectivity index (χ1v) is 10.1. The Morgan fingerprint density at radius 3 is 2.41 bits per heavy atom. The Kier molecular flexibility index (Phi) is 7.21. The van der Waals surface area contributed by atoms with E-state index in [4.69, 9.17) is 4.74 Å². The van der Waals surface area contributed by atoms with Crippen LogP contribution in [0.5, 0.6) is 0 Å². The molecule has 2 atom stereocenters. The van der Waals surface area contributed by atoms with Gasteiger partial charge >= 0.3 is 5.97 Å². The highest BCUT2D eigenvalue weighted by Crippen LogP contribution is 2.47. The normalized spacial score (nSPS) is 24.6. The van der Waals surface area contributed by atoms with Gasteiger partial charge in [0, 0.05) is 6.04 Å². The van der Waals surface area contributed by atoms with Crippen molar-refractivity contribution in [3.63, 3.8) is 0 Å². The lowest BCUT2D eigenvalue weighted by Gasteiger charge is -2.43. The Hall–Kier alpha value is -1.68. The molecule has 1 fully saturated rings. The number of carbonyl (C=O) groups excluding carboxylic acids is 1. The number of nitrogens with zero attached hydrogens (tertiary/aromatic N) is 1. The van der Waals surface area contributed by atoms with Gasteiger partial charge in [0.15, 0.2) is 0 Å². The average Bonchev–Trinajstić information content (AvgIpc) is 3.18. The molecule has 2 aliphatic rings. The van der Waals surface area contributed by atoms with E-state index in [-0.39, 0.29) is 23.1 Å². The van der Waals surface area contributed by atoms with Crippen molar-refractivity contribution in [2.75, 3.05) is 20.2 Å². The Morgan fingerprint density at radius 2 is 1.85 bits per heavy atom. The minimum Gasteiger partial charge on any atom is -0.469 e. The molecule has 1 aromatic carbocycles. The molecule has 0 bridgehead atoms. The first-order valence-electron chi connectivity index (χ1n) is 10.1. The average molecular weight is 376 g/mol. The van der Waals surface area contributed by atoms with Crippen LogP contribution in [-0.2, 0) is 9.53 Å². The molecular formula is C23H34FNO2. The Bertz CT molecular complexity index is 690. The number of hydrogen-bond acceptors (Lipinski definition) is 3. The van der Waals surface area contributed by atoms with Gasteiger partial charge in [-0.2, -0.15) is 0 Å². The number of halogens is 1. The number of rotatable bonds is 3. The van der Waals surface area contributed by atoms with E-state index in [0.29, 0.717) is 11.6 Å². The van der Waals surface area contributed by atoms with Crippen molar-refractivity contribution >= 4 is 11.5 Å².